The number of ether oxygens (including phenoxy) is 1. The first-order valence-corrected chi connectivity index (χ1v) is 9.66. The molecule has 0 aromatic heterocycles. The molecule has 2 aromatic carbocycles. The highest BCUT2D eigenvalue weighted by Crippen LogP contribution is 2.41. The number of methoxy groups -OCH3 is 1. The average Bonchev–Trinajstić information content (AvgIpc) is 2.74. The van der Waals surface area contributed by atoms with Crippen molar-refractivity contribution in [1.29, 1.82) is 5.26 Å². The van der Waals surface area contributed by atoms with Gasteiger partial charge in [-0.15, -0.1) is 12.4 Å². The molecule has 6 heteroatoms. The summed E-state index contributed by atoms with van der Waals surface area (Å²) < 4.78 is 5.57. The zero-order valence-corrected chi connectivity index (χ0v) is 17.7. The summed E-state index contributed by atoms with van der Waals surface area (Å²) in [5.74, 6) is 0.525. The summed E-state index contributed by atoms with van der Waals surface area (Å²) >= 11 is 0. The lowest BCUT2D eigenvalue weighted by Gasteiger charge is -2.38. The zero-order chi connectivity index (χ0) is 20.1. The third-order valence-corrected chi connectivity index (χ3v) is 6.01. The Morgan fingerprint density at radius 3 is 2.52 bits per heavy atom. The molecule has 3 N–H and O–H groups in total. The van der Waals surface area contributed by atoms with E-state index in [-0.39, 0.29) is 18.3 Å². The molecule has 1 aliphatic rings. The van der Waals surface area contributed by atoms with Crippen LogP contribution in [0.25, 0.3) is 11.1 Å². The third-order valence-electron chi connectivity index (χ3n) is 6.01. The summed E-state index contributed by atoms with van der Waals surface area (Å²) in [6, 6.07) is 16.1. The van der Waals surface area contributed by atoms with Gasteiger partial charge in [-0.05, 0) is 80.1 Å². The monoisotopic (exact) mass is 413 g/mol. The van der Waals surface area contributed by atoms with Crippen molar-refractivity contribution in [3.05, 3.63) is 53.6 Å². The minimum absolute atomic E-state index is 0. The molecule has 154 valence electrons. The molecule has 29 heavy (non-hydrogen) atoms. The Bertz CT molecular complexity index is 899. The van der Waals surface area contributed by atoms with Crippen molar-refractivity contribution in [3.8, 4) is 22.9 Å². The van der Waals surface area contributed by atoms with E-state index >= 15 is 0 Å². The van der Waals surface area contributed by atoms with E-state index in [0.717, 1.165) is 48.1 Å². The molecule has 0 unspecified atom stereocenters. The van der Waals surface area contributed by atoms with Crippen LogP contribution in [-0.2, 0) is 11.2 Å². The number of carbonyl (C=O) groups is 1. The molecule has 0 saturated heterocycles. The van der Waals surface area contributed by atoms with Gasteiger partial charge in [-0.1, -0.05) is 18.2 Å². The Labute approximate surface area is 178 Å². The van der Waals surface area contributed by atoms with E-state index in [4.69, 9.17) is 10.5 Å². The Hall–Kier alpha value is -2.55. The minimum Gasteiger partial charge on any atom is -0.496 e. The summed E-state index contributed by atoms with van der Waals surface area (Å²) in [4.78, 5) is 12.4. The Balaban J connectivity index is 0.00000300. The Morgan fingerprint density at radius 2 is 1.93 bits per heavy atom. The first-order valence-electron chi connectivity index (χ1n) is 9.66. The number of nitriles is 1. The Kier molecular flexibility index (Phi) is 7.66. The van der Waals surface area contributed by atoms with Crippen molar-refractivity contribution in [3.63, 3.8) is 0 Å². The van der Waals surface area contributed by atoms with E-state index in [9.17, 15) is 10.1 Å². The first-order chi connectivity index (χ1) is 13.5. The molecule has 0 radical (unpaired) electrons. The highest BCUT2D eigenvalue weighted by atomic mass is 35.5. The average molecular weight is 414 g/mol. The quantitative estimate of drug-likeness (QED) is 0.753. The van der Waals surface area contributed by atoms with Crippen molar-refractivity contribution < 1.29 is 9.53 Å². The van der Waals surface area contributed by atoms with E-state index in [1.807, 2.05) is 37.4 Å². The molecule has 2 aromatic rings. The summed E-state index contributed by atoms with van der Waals surface area (Å²) in [7, 11) is 3.60. The van der Waals surface area contributed by atoms with Gasteiger partial charge in [0, 0.05) is 6.04 Å². The van der Waals surface area contributed by atoms with E-state index in [0.29, 0.717) is 18.0 Å². The zero-order valence-electron chi connectivity index (χ0n) is 16.9. The van der Waals surface area contributed by atoms with Gasteiger partial charge < -0.3 is 15.8 Å². The molecule has 3 rings (SSSR count). The highest BCUT2D eigenvalue weighted by Gasteiger charge is 2.40. The second-order valence-corrected chi connectivity index (χ2v) is 7.60. The predicted octanol–water partition coefficient (Wildman–Crippen LogP) is 3.83. The molecule has 0 heterocycles. The maximum Gasteiger partial charge on any atom is 0.223 e. The van der Waals surface area contributed by atoms with Crippen molar-refractivity contribution in [2.45, 2.75) is 38.1 Å². The van der Waals surface area contributed by atoms with Gasteiger partial charge in [0.25, 0.3) is 0 Å². The van der Waals surface area contributed by atoms with Crippen LogP contribution in [0.2, 0.25) is 0 Å². The molecule has 1 fully saturated rings. The lowest BCUT2D eigenvalue weighted by Crippen LogP contribution is -2.45. The van der Waals surface area contributed by atoms with Crippen LogP contribution in [-0.4, -0.2) is 26.1 Å². The van der Waals surface area contributed by atoms with Crippen molar-refractivity contribution in [1.82, 2.24) is 5.32 Å². The van der Waals surface area contributed by atoms with Gasteiger partial charge in [0.2, 0.25) is 5.91 Å². The number of benzene rings is 2. The number of nitrogens with two attached hydrogens (primary N) is 1. The fraction of sp³-hybridized carbons (Fsp3) is 0.391. The van der Waals surface area contributed by atoms with Gasteiger partial charge >= 0.3 is 0 Å². The number of rotatable bonds is 6. The smallest absolute Gasteiger partial charge is 0.223 e. The highest BCUT2D eigenvalue weighted by molar-refractivity contribution is 5.85. The lowest BCUT2D eigenvalue weighted by molar-refractivity contribution is -0.129. The molecule has 0 bridgehead atoms. The van der Waals surface area contributed by atoms with Crippen molar-refractivity contribution in [2.75, 3.05) is 14.2 Å². The maximum absolute atomic E-state index is 12.4. The Morgan fingerprint density at radius 1 is 1.24 bits per heavy atom. The summed E-state index contributed by atoms with van der Waals surface area (Å²) in [6.07, 6.45) is 3.97. The number of nitrogens with zero attached hydrogens (tertiary/aromatic N) is 1. The molecule has 0 aliphatic heterocycles. The van der Waals surface area contributed by atoms with Gasteiger partial charge in [0.15, 0.2) is 0 Å². The summed E-state index contributed by atoms with van der Waals surface area (Å²) in [5.41, 5.74) is 8.89. The number of primary amides is 1. The molecule has 0 spiro atoms. The number of carbonyl (C=O) groups excluding carboxylic acids is 1. The van der Waals surface area contributed by atoms with Gasteiger partial charge in [0.1, 0.15) is 5.75 Å². The van der Waals surface area contributed by atoms with Crippen LogP contribution >= 0.6 is 12.4 Å². The number of hydrogen-bond donors (Lipinski definition) is 2. The number of hydrogen-bond acceptors (Lipinski definition) is 4. The number of nitrogens with one attached hydrogen (secondary N) is 1. The van der Waals surface area contributed by atoms with Crippen LogP contribution in [0.4, 0.5) is 0 Å². The minimum atomic E-state index is -0.548. The van der Waals surface area contributed by atoms with Gasteiger partial charge in [0.05, 0.1) is 24.2 Å². The SMILES string of the molecule is CNC1CCC(Cc2cc(-c3cccc(C#N)c3)ccc2OC)(C(N)=O)CC1.Cl. The molecule has 1 aliphatic carbocycles. The normalized spacial score (nSPS) is 20.9. The fourth-order valence-corrected chi connectivity index (χ4v) is 4.20. The second-order valence-electron chi connectivity index (χ2n) is 7.60. The molecule has 1 saturated carbocycles. The van der Waals surface area contributed by atoms with Crippen LogP contribution in [0.3, 0.4) is 0 Å². The number of halogens is 1. The fourth-order valence-electron chi connectivity index (χ4n) is 4.20. The maximum atomic E-state index is 12.4. The summed E-state index contributed by atoms with van der Waals surface area (Å²) in [5, 5.41) is 12.5. The standard InChI is InChI=1S/C23H27N3O2.ClH/c1-26-20-8-10-23(11-9-20,22(25)27)14-19-13-18(6-7-21(19)28-2)17-5-3-4-16(12-17)15-24;/h3-7,12-13,20,26H,8-11,14H2,1-2H3,(H2,25,27);1H. The van der Waals surface area contributed by atoms with Crippen LogP contribution in [0, 0.1) is 16.7 Å². The summed E-state index contributed by atoms with van der Waals surface area (Å²) in [6.45, 7) is 0. The predicted molar refractivity (Wildman–Crippen MR) is 117 cm³/mol. The van der Waals surface area contributed by atoms with Crippen molar-refractivity contribution >= 4 is 18.3 Å². The van der Waals surface area contributed by atoms with Crippen LogP contribution < -0.4 is 15.8 Å². The van der Waals surface area contributed by atoms with E-state index in [2.05, 4.69) is 17.5 Å². The largest absolute Gasteiger partial charge is 0.496 e. The van der Waals surface area contributed by atoms with E-state index in [1.165, 1.54) is 0 Å². The molecular formula is C23H28ClN3O2. The van der Waals surface area contributed by atoms with Crippen molar-refractivity contribution in [2.24, 2.45) is 11.1 Å². The van der Waals surface area contributed by atoms with Crippen LogP contribution in [0.5, 0.6) is 5.75 Å². The van der Waals surface area contributed by atoms with Crippen LogP contribution in [0.1, 0.15) is 36.8 Å². The first kappa shape index (κ1) is 22.7. The molecular weight excluding hydrogens is 386 g/mol. The molecule has 1 amide bonds. The third kappa shape index (κ3) is 4.90. The topological polar surface area (TPSA) is 88.1 Å². The van der Waals surface area contributed by atoms with E-state index < -0.39 is 5.41 Å². The van der Waals surface area contributed by atoms with Gasteiger partial charge in [-0.2, -0.15) is 5.26 Å². The second kappa shape index (κ2) is 9.78. The van der Waals surface area contributed by atoms with Gasteiger partial charge in [-0.3, -0.25) is 4.79 Å². The molecule has 5 nitrogen and oxygen atoms in total. The van der Waals surface area contributed by atoms with E-state index in [1.54, 1.807) is 13.2 Å². The number of amides is 1. The molecule has 0 atom stereocenters. The van der Waals surface area contributed by atoms with Crippen LogP contribution in [0.15, 0.2) is 42.5 Å². The lowest BCUT2D eigenvalue weighted by atomic mass is 9.68. The van der Waals surface area contributed by atoms with Gasteiger partial charge in [-0.25, -0.2) is 0 Å².